The third-order valence-electron chi connectivity index (χ3n) is 14.1. The first kappa shape index (κ1) is 64.4. The Hall–Kier alpha value is -1.59. The summed E-state index contributed by atoms with van der Waals surface area (Å²) in [5, 5.41) is 0. The standard InChI is InChI=1S/C60H116O6/c1-6-8-9-10-11-12-13-14-15-16-17-18-19-24-27-30-37-42-47-52-60(63)66-57(54-65-59(62)51-46-41-36-32-31-34-39-44-49-56(5)7-2)53-64-58(61)50-45-40-35-29-26-23-21-20-22-25-28-33-38-43-48-55(3)4/h55-57H,6-54H2,1-5H3/t56?,57-/m1/s1. The summed E-state index contributed by atoms with van der Waals surface area (Å²) >= 11 is 0. The van der Waals surface area contributed by atoms with Crippen LogP contribution in [0, 0.1) is 11.8 Å². The van der Waals surface area contributed by atoms with Gasteiger partial charge in [-0.1, -0.05) is 298 Å². The number of rotatable bonds is 54. The fraction of sp³-hybridized carbons (Fsp3) is 0.950. The molecule has 0 amide bonds. The number of carbonyl (C=O) groups is 3. The van der Waals surface area contributed by atoms with Gasteiger partial charge in [0, 0.05) is 19.3 Å². The highest BCUT2D eigenvalue weighted by Gasteiger charge is 2.19. The van der Waals surface area contributed by atoms with Crippen LogP contribution in [0.2, 0.25) is 0 Å². The highest BCUT2D eigenvalue weighted by atomic mass is 16.6. The zero-order valence-corrected chi connectivity index (χ0v) is 45.3. The summed E-state index contributed by atoms with van der Waals surface area (Å²) in [4.78, 5) is 38.2. The molecule has 0 aliphatic heterocycles. The molecule has 392 valence electrons. The lowest BCUT2D eigenvalue weighted by molar-refractivity contribution is -0.167. The summed E-state index contributed by atoms with van der Waals surface area (Å²) in [6.45, 7) is 11.4. The van der Waals surface area contributed by atoms with E-state index in [1.807, 2.05) is 0 Å². The minimum Gasteiger partial charge on any atom is -0.462 e. The van der Waals surface area contributed by atoms with Crippen LogP contribution < -0.4 is 0 Å². The Morgan fingerprint density at radius 3 is 0.864 bits per heavy atom. The van der Waals surface area contributed by atoms with Crippen molar-refractivity contribution in [2.45, 2.75) is 343 Å². The lowest BCUT2D eigenvalue weighted by atomic mass is 9.99. The Morgan fingerprint density at radius 2 is 0.576 bits per heavy atom. The van der Waals surface area contributed by atoms with Crippen molar-refractivity contribution >= 4 is 17.9 Å². The van der Waals surface area contributed by atoms with Crippen molar-refractivity contribution in [2.24, 2.45) is 11.8 Å². The molecule has 0 aromatic heterocycles. The topological polar surface area (TPSA) is 78.9 Å². The molecule has 6 nitrogen and oxygen atoms in total. The molecule has 0 N–H and O–H groups in total. The molecular weight excluding hydrogens is 817 g/mol. The molecule has 0 aliphatic rings. The van der Waals surface area contributed by atoms with Gasteiger partial charge in [0.1, 0.15) is 13.2 Å². The summed E-state index contributed by atoms with van der Waals surface area (Å²) in [6.07, 6.45) is 56.7. The number of unbranched alkanes of at least 4 members (excludes halogenated alkanes) is 38. The van der Waals surface area contributed by atoms with Crippen LogP contribution in [0.5, 0.6) is 0 Å². The molecule has 0 aromatic rings. The van der Waals surface area contributed by atoms with Crippen LogP contribution in [0.15, 0.2) is 0 Å². The number of hydrogen-bond acceptors (Lipinski definition) is 6. The van der Waals surface area contributed by atoms with E-state index < -0.39 is 6.10 Å². The van der Waals surface area contributed by atoms with Crippen molar-refractivity contribution in [1.29, 1.82) is 0 Å². The van der Waals surface area contributed by atoms with Gasteiger partial charge in [0.2, 0.25) is 0 Å². The van der Waals surface area contributed by atoms with Gasteiger partial charge in [-0.25, -0.2) is 0 Å². The normalized spacial score (nSPS) is 12.5. The minimum atomic E-state index is -0.763. The van der Waals surface area contributed by atoms with E-state index in [1.54, 1.807) is 0 Å². The lowest BCUT2D eigenvalue weighted by Gasteiger charge is -2.18. The zero-order valence-electron chi connectivity index (χ0n) is 45.3. The maximum Gasteiger partial charge on any atom is 0.306 e. The summed E-state index contributed by atoms with van der Waals surface area (Å²) in [5.74, 6) is 0.853. The molecule has 0 heterocycles. The average Bonchev–Trinajstić information content (AvgIpc) is 3.30. The van der Waals surface area contributed by atoms with E-state index in [1.165, 1.54) is 225 Å². The maximum absolute atomic E-state index is 12.9. The average molecular weight is 934 g/mol. The highest BCUT2D eigenvalue weighted by molar-refractivity contribution is 5.71. The van der Waals surface area contributed by atoms with Crippen molar-refractivity contribution in [1.82, 2.24) is 0 Å². The number of ether oxygens (including phenoxy) is 3. The number of hydrogen-bond donors (Lipinski definition) is 0. The van der Waals surface area contributed by atoms with Crippen molar-refractivity contribution in [3.63, 3.8) is 0 Å². The van der Waals surface area contributed by atoms with Crippen LogP contribution in [0.1, 0.15) is 336 Å². The smallest absolute Gasteiger partial charge is 0.306 e. The fourth-order valence-electron chi connectivity index (χ4n) is 9.20. The van der Waals surface area contributed by atoms with Crippen molar-refractivity contribution in [2.75, 3.05) is 13.2 Å². The van der Waals surface area contributed by atoms with Gasteiger partial charge in [-0.15, -0.1) is 0 Å². The first-order valence-corrected chi connectivity index (χ1v) is 29.8. The highest BCUT2D eigenvalue weighted by Crippen LogP contribution is 2.19. The van der Waals surface area contributed by atoms with Gasteiger partial charge in [0.25, 0.3) is 0 Å². The molecule has 6 heteroatoms. The van der Waals surface area contributed by atoms with E-state index in [0.717, 1.165) is 69.6 Å². The van der Waals surface area contributed by atoms with Crippen LogP contribution in [-0.2, 0) is 28.6 Å². The van der Waals surface area contributed by atoms with Gasteiger partial charge in [0.05, 0.1) is 0 Å². The van der Waals surface area contributed by atoms with Gasteiger partial charge >= 0.3 is 17.9 Å². The maximum atomic E-state index is 12.9. The van der Waals surface area contributed by atoms with Crippen molar-refractivity contribution in [3.8, 4) is 0 Å². The second kappa shape index (κ2) is 52.8. The van der Waals surface area contributed by atoms with E-state index in [0.29, 0.717) is 19.3 Å². The van der Waals surface area contributed by atoms with Crippen LogP contribution in [0.4, 0.5) is 0 Å². The molecule has 0 aliphatic carbocycles. The lowest BCUT2D eigenvalue weighted by Crippen LogP contribution is -2.30. The van der Waals surface area contributed by atoms with E-state index in [4.69, 9.17) is 14.2 Å². The van der Waals surface area contributed by atoms with E-state index in [-0.39, 0.29) is 31.1 Å². The molecule has 0 bridgehead atoms. The molecule has 0 rings (SSSR count). The molecule has 1 unspecified atom stereocenters. The molecule has 0 radical (unpaired) electrons. The molecular formula is C60H116O6. The SMILES string of the molecule is CCCCCCCCCCCCCCCCCCCCCC(=O)O[C@H](COC(=O)CCCCCCCCCCCCCCCCC(C)C)COC(=O)CCCCCCCCCCC(C)CC. The summed E-state index contributed by atoms with van der Waals surface area (Å²) in [5.41, 5.74) is 0. The van der Waals surface area contributed by atoms with Crippen molar-refractivity contribution in [3.05, 3.63) is 0 Å². The largest absolute Gasteiger partial charge is 0.462 e. The van der Waals surface area contributed by atoms with Crippen LogP contribution >= 0.6 is 0 Å². The van der Waals surface area contributed by atoms with Gasteiger partial charge < -0.3 is 14.2 Å². The third kappa shape index (κ3) is 51.8. The summed E-state index contributed by atoms with van der Waals surface area (Å²) in [7, 11) is 0. The first-order valence-electron chi connectivity index (χ1n) is 29.8. The molecule has 66 heavy (non-hydrogen) atoms. The second-order valence-electron chi connectivity index (χ2n) is 21.4. The van der Waals surface area contributed by atoms with Gasteiger partial charge in [-0.3, -0.25) is 14.4 Å². The fourth-order valence-corrected chi connectivity index (χ4v) is 9.20. The molecule has 0 saturated carbocycles. The van der Waals surface area contributed by atoms with E-state index in [9.17, 15) is 14.4 Å². The Balaban J connectivity index is 4.27. The van der Waals surface area contributed by atoms with Gasteiger partial charge in [0.15, 0.2) is 6.10 Å². The number of esters is 3. The van der Waals surface area contributed by atoms with E-state index >= 15 is 0 Å². The van der Waals surface area contributed by atoms with E-state index in [2.05, 4.69) is 34.6 Å². The van der Waals surface area contributed by atoms with Crippen LogP contribution in [0.25, 0.3) is 0 Å². The Labute approximate surface area is 412 Å². The van der Waals surface area contributed by atoms with Crippen LogP contribution in [0.3, 0.4) is 0 Å². The van der Waals surface area contributed by atoms with Gasteiger partial charge in [-0.2, -0.15) is 0 Å². The Bertz CT molecular complexity index is 1010. The summed E-state index contributed by atoms with van der Waals surface area (Å²) < 4.78 is 16.9. The molecule has 2 atom stereocenters. The predicted octanol–water partition coefficient (Wildman–Crippen LogP) is 19.7. The minimum absolute atomic E-state index is 0.0630. The molecule has 0 fully saturated rings. The quantitative estimate of drug-likeness (QED) is 0.0343. The van der Waals surface area contributed by atoms with Crippen molar-refractivity contribution < 1.29 is 28.6 Å². The molecule has 0 spiro atoms. The molecule has 0 saturated heterocycles. The Kier molecular flexibility index (Phi) is 51.5. The third-order valence-corrected chi connectivity index (χ3v) is 14.1. The number of carbonyl (C=O) groups excluding carboxylic acids is 3. The zero-order chi connectivity index (χ0) is 48.2. The Morgan fingerprint density at radius 1 is 0.318 bits per heavy atom. The molecule has 0 aromatic carbocycles. The summed E-state index contributed by atoms with van der Waals surface area (Å²) in [6, 6.07) is 0. The van der Waals surface area contributed by atoms with Gasteiger partial charge in [-0.05, 0) is 31.1 Å². The first-order chi connectivity index (χ1) is 32.3. The second-order valence-corrected chi connectivity index (χ2v) is 21.4. The predicted molar refractivity (Wildman–Crippen MR) is 284 cm³/mol. The van der Waals surface area contributed by atoms with Crippen LogP contribution in [-0.4, -0.2) is 37.2 Å². The monoisotopic (exact) mass is 933 g/mol.